The molecule has 1 saturated heterocycles. The van der Waals surface area contributed by atoms with Crippen molar-refractivity contribution in [1.29, 1.82) is 0 Å². The number of thioether (sulfide) groups is 1. The number of nitrogens with zero attached hydrogens (tertiary/aromatic N) is 1. The van der Waals surface area contributed by atoms with Gasteiger partial charge in [0.25, 0.3) is 0 Å². The Hall–Kier alpha value is 0.270. The lowest BCUT2D eigenvalue weighted by atomic mass is 9.80. The molecule has 0 radical (unpaired) electrons. The Balaban J connectivity index is 1.79. The summed E-state index contributed by atoms with van der Waals surface area (Å²) in [6, 6.07) is 1.26. The molecule has 2 N–H and O–H groups in total. The van der Waals surface area contributed by atoms with Crippen LogP contribution in [0.4, 0.5) is 0 Å². The molecule has 0 bridgehead atoms. The van der Waals surface area contributed by atoms with Gasteiger partial charge in [-0.2, -0.15) is 11.8 Å². The van der Waals surface area contributed by atoms with Crippen LogP contribution >= 0.6 is 11.8 Å². The van der Waals surface area contributed by atoms with E-state index < -0.39 is 0 Å². The molecule has 0 aromatic carbocycles. The second kappa shape index (κ2) is 4.42. The molecule has 0 amide bonds. The van der Waals surface area contributed by atoms with Crippen LogP contribution in [-0.2, 0) is 0 Å². The maximum atomic E-state index is 5.81. The van der Waals surface area contributed by atoms with Crippen molar-refractivity contribution in [3.63, 3.8) is 0 Å². The Morgan fingerprint density at radius 2 is 2.07 bits per heavy atom. The van der Waals surface area contributed by atoms with Gasteiger partial charge in [0.1, 0.15) is 0 Å². The highest BCUT2D eigenvalue weighted by Gasteiger charge is 2.31. The minimum atomic E-state index is 0.506. The topological polar surface area (TPSA) is 29.3 Å². The molecule has 1 heterocycles. The van der Waals surface area contributed by atoms with E-state index in [9.17, 15) is 0 Å². The van der Waals surface area contributed by atoms with Crippen molar-refractivity contribution in [2.24, 2.45) is 11.7 Å². The first-order valence-corrected chi connectivity index (χ1v) is 6.83. The summed E-state index contributed by atoms with van der Waals surface area (Å²) in [6.45, 7) is 7.30. The van der Waals surface area contributed by atoms with Gasteiger partial charge in [0.15, 0.2) is 0 Å². The Bertz CT molecular complexity index is 192. The highest BCUT2D eigenvalue weighted by molar-refractivity contribution is 8.00. The van der Waals surface area contributed by atoms with Gasteiger partial charge >= 0.3 is 0 Å². The molecular formula is C11H22N2S. The van der Waals surface area contributed by atoms with Gasteiger partial charge < -0.3 is 5.73 Å². The smallest absolute Gasteiger partial charge is 0.0184 e. The van der Waals surface area contributed by atoms with Crippen molar-refractivity contribution in [2.45, 2.75) is 44.0 Å². The zero-order valence-corrected chi connectivity index (χ0v) is 10.1. The van der Waals surface area contributed by atoms with Gasteiger partial charge in [-0.3, -0.25) is 4.90 Å². The molecule has 2 aliphatic rings. The molecule has 0 spiro atoms. The Morgan fingerprint density at radius 3 is 2.71 bits per heavy atom. The Morgan fingerprint density at radius 1 is 1.36 bits per heavy atom. The predicted molar refractivity (Wildman–Crippen MR) is 63.7 cm³/mol. The summed E-state index contributed by atoms with van der Waals surface area (Å²) in [5.41, 5.74) is 5.81. The molecule has 0 aromatic heterocycles. The molecular weight excluding hydrogens is 192 g/mol. The summed E-state index contributed by atoms with van der Waals surface area (Å²) < 4.78 is 0. The second-order valence-corrected chi connectivity index (χ2v) is 6.39. The molecule has 2 atom stereocenters. The van der Waals surface area contributed by atoms with Crippen LogP contribution in [0.3, 0.4) is 0 Å². The summed E-state index contributed by atoms with van der Waals surface area (Å²) in [7, 11) is 0. The molecule has 14 heavy (non-hydrogen) atoms. The fraction of sp³-hybridized carbons (Fsp3) is 1.00. The molecule has 3 heteroatoms. The Kier molecular flexibility index (Phi) is 3.40. The molecule has 1 aliphatic heterocycles. The van der Waals surface area contributed by atoms with E-state index >= 15 is 0 Å². The second-order valence-electron chi connectivity index (χ2n) is 4.91. The van der Waals surface area contributed by atoms with Crippen LogP contribution in [0.15, 0.2) is 0 Å². The zero-order valence-electron chi connectivity index (χ0n) is 9.28. The summed E-state index contributed by atoms with van der Waals surface area (Å²) in [5, 5.41) is 0.803. The van der Waals surface area contributed by atoms with E-state index in [0.717, 1.165) is 17.2 Å². The fourth-order valence-electron chi connectivity index (χ4n) is 2.52. The first kappa shape index (κ1) is 10.8. The van der Waals surface area contributed by atoms with Crippen LogP contribution in [0.25, 0.3) is 0 Å². The quantitative estimate of drug-likeness (QED) is 0.756. The maximum absolute atomic E-state index is 5.81. The molecule has 1 saturated carbocycles. The van der Waals surface area contributed by atoms with E-state index in [0.29, 0.717) is 6.04 Å². The number of rotatable bonds is 2. The SMILES string of the molecule is CC1SCCN(CC2CC(N)C2)C1C. The van der Waals surface area contributed by atoms with Crippen molar-refractivity contribution < 1.29 is 0 Å². The van der Waals surface area contributed by atoms with Crippen molar-refractivity contribution in [3.05, 3.63) is 0 Å². The summed E-state index contributed by atoms with van der Waals surface area (Å²) in [6.07, 6.45) is 2.51. The normalized spacial score (nSPS) is 44.8. The first-order chi connectivity index (χ1) is 6.66. The third-order valence-electron chi connectivity index (χ3n) is 3.78. The molecule has 2 unspecified atom stereocenters. The van der Waals surface area contributed by atoms with Gasteiger partial charge in [-0.15, -0.1) is 0 Å². The van der Waals surface area contributed by atoms with E-state index in [4.69, 9.17) is 5.73 Å². The van der Waals surface area contributed by atoms with E-state index in [1.807, 2.05) is 0 Å². The van der Waals surface area contributed by atoms with Gasteiger partial charge in [0.2, 0.25) is 0 Å². The highest BCUT2D eigenvalue weighted by Crippen LogP contribution is 2.30. The molecule has 1 aliphatic carbocycles. The molecule has 2 rings (SSSR count). The van der Waals surface area contributed by atoms with Crippen LogP contribution in [0.1, 0.15) is 26.7 Å². The van der Waals surface area contributed by atoms with Crippen LogP contribution in [-0.4, -0.2) is 41.1 Å². The number of nitrogens with two attached hydrogens (primary N) is 1. The summed E-state index contributed by atoms with van der Waals surface area (Å²) in [4.78, 5) is 2.66. The molecule has 0 aromatic rings. The van der Waals surface area contributed by atoms with Gasteiger partial charge in [0, 0.05) is 36.2 Å². The number of hydrogen-bond donors (Lipinski definition) is 1. The van der Waals surface area contributed by atoms with E-state index in [2.05, 4.69) is 30.5 Å². The zero-order chi connectivity index (χ0) is 10.1. The van der Waals surface area contributed by atoms with E-state index in [-0.39, 0.29) is 0 Å². The van der Waals surface area contributed by atoms with Gasteiger partial charge in [-0.25, -0.2) is 0 Å². The molecule has 2 nitrogen and oxygen atoms in total. The van der Waals surface area contributed by atoms with Crippen LogP contribution < -0.4 is 5.73 Å². The summed E-state index contributed by atoms with van der Waals surface area (Å²) in [5.74, 6) is 2.20. The standard InChI is InChI=1S/C11H22N2S/c1-8-9(2)14-4-3-13(8)7-10-5-11(12)6-10/h8-11H,3-7,12H2,1-2H3. The average Bonchev–Trinajstić information content (AvgIpc) is 2.10. The van der Waals surface area contributed by atoms with Crippen molar-refractivity contribution in [1.82, 2.24) is 4.90 Å². The van der Waals surface area contributed by atoms with Crippen LogP contribution in [0, 0.1) is 5.92 Å². The van der Waals surface area contributed by atoms with Crippen molar-refractivity contribution in [2.75, 3.05) is 18.8 Å². The van der Waals surface area contributed by atoms with Crippen molar-refractivity contribution >= 4 is 11.8 Å². The van der Waals surface area contributed by atoms with Gasteiger partial charge in [-0.05, 0) is 25.7 Å². The lowest BCUT2D eigenvalue weighted by Gasteiger charge is -2.43. The lowest BCUT2D eigenvalue weighted by Crippen LogP contribution is -2.50. The van der Waals surface area contributed by atoms with Gasteiger partial charge in [-0.1, -0.05) is 6.92 Å². The average molecular weight is 214 g/mol. The van der Waals surface area contributed by atoms with Crippen molar-refractivity contribution in [3.8, 4) is 0 Å². The summed E-state index contributed by atoms with van der Waals surface area (Å²) >= 11 is 2.12. The van der Waals surface area contributed by atoms with Crippen LogP contribution in [0.5, 0.6) is 0 Å². The molecule has 2 fully saturated rings. The largest absolute Gasteiger partial charge is 0.328 e. The minimum absolute atomic E-state index is 0.506. The number of hydrogen-bond acceptors (Lipinski definition) is 3. The van der Waals surface area contributed by atoms with Gasteiger partial charge in [0.05, 0.1) is 0 Å². The highest BCUT2D eigenvalue weighted by atomic mass is 32.2. The minimum Gasteiger partial charge on any atom is -0.328 e. The third kappa shape index (κ3) is 2.26. The van der Waals surface area contributed by atoms with E-state index in [1.54, 1.807) is 0 Å². The predicted octanol–water partition coefficient (Wildman–Crippen LogP) is 1.55. The third-order valence-corrected chi connectivity index (χ3v) is 5.12. The monoisotopic (exact) mass is 214 g/mol. The van der Waals surface area contributed by atoms with E-state index in [1.165, 1.54) is 31.7 Å². The fourth-order valence-corrected chi connectivity index (χ4v) is 3.68. The molecule has 82 valence electrons. The maximum Gasteiger partial charge on any atom is 0.0184 e. The van der Waals surface area contributed by atoms with Crippen LogP contribution in [0.2, 0.25) is 0 Å². The first-order valence-electron chi connectivity index (χ1n) is 5.78. The Labute approximate surface area is 91.6 Å². The lowest BCUT2D eigenvalue weighted by molar-refractivity contribution is 0.130.